The molecule has 0 spiro atoms. The number of phenolic OH excluding ortho intramolecular Hbond substituents is 1. The van der Waals surface area contributed by atoms with Crippen molar-refractivity contribution in [3.05, 3.63) is 28.3 Å². The van der Waals surface area contributed by atoms with Gasteiger partial charge in [0.15, 0.2) is 28.7 Å². The number of hydrogen-bond acceptors (Lipinski definition) is 7. The molecular weight excluding hydrogens is 520 g/mol. The standard InChI is InChI=1S/C34H46O7/c1-16(2)20-13-19(11-12-31(6,7)8)26(36)23-21(20)14-32(9)15-33(10)24(17(3)4)27(37)22(18(5)35)29(39)34(33,41)30(40)25(32)28(23)38/h13,16-17,22,24-25,36,41H,11-12,14-15H2,1-10H3/t22?,24?,25?,32-,33-,34+/m1/s1. The SMILES string of the molecule is CC(=O)C1C(=O)C(C(C)C)[C@@]2(C)C[C@@]3(C)Cc4c(C(C)C)cc(CCC(C)(C)C)c(O)c4C(=O)C3C(=O)[C@@]2(O)C1=O. The van der Waals surface area contributed by atoms with Crippen LogP contribution in [0.5, 0.6) is 5.75 Å². The Morgan fingerprint density at radius 3 is 2.12 bits per heavy atom. The minimum atomic E-state index is -2.68. The first-order valence-corrected chi connectivity index (χ1v) is 14.9. The lowest BCUT2D eigenvalue weighted by Crippen LogP contribution is -2.76. The fraction of sp³-hybridized carbons (Fsp3) is 0.676. The third kappa shape index (κ3) is 4.36. The van der Waals surface area contributed by atoms with Crippen LogP contribution in [0.1, 0.15) is 115 Å². The van der Waals surface area contributed by atoms with E-state index in [1.807, 2.05) is 26.8 Å². The number of aryl methyl sites for hydroxylation is 1. The van der Waals surface area contributed by atoms with Crippen molar-refractivity contribution in [3.63, 3.8) is 0 Å². The molecular formula is C34H46O7. The quantitative estimate of drug-likeness (QED) is 0.470. The maximum Gasteiger partial charge on any atom is 0.190 e. The number of aliphatic hydroxyl groups is 1. The van der Waals surface area contributed by atoms with Gasteiger partial charge in [0.2, 0.25) is 0 Å². The first-order chi connectivity index (χ1) is 18.6. The number of ketones is 5. The van der Waals surface area contributed by atoms with Crippen molar-refractivity contribution in [1.29, 1.82) is 0 Å². The zero-order valence-corrected chi connectivity index (χ0v) is 26.2. The fourth-order valence-corrected chi connectivity index (χ4v) is 8.50. The Morgan fingerprint density at radius 2 is 1.63 bits per heavy atom. The summed E-state index contributed by atoms with van der Waals surface area (Å²) in [5.74, 6) is -8.50. The lowest BCUT2D eigenvalue weighted by molar-refractivity contribution is -0.205. The van der Waals surface area contributed by atoms with Crippen molar-refractivity contribution in [2.45, 2.75) is 106 Å². The predicted molar refractivity (Wildman–Crippen MR) is 155 cm³/mol. The van der Waals surface area contributed by atoms with E-state index < -0.39 is 63.1 Å². The summed E-state index contributed by atoms with van der Waals surface area (Å²) in [4.78, 5) is 68.9. The van der Waals surface area contributed by atoms with Crippen LogP contribution in [0.4, 0.5) is 0 Å². The number of Topliss-reactive ketones (excluding diaryl/α,β-unsaturated/α-hetero) is 5. The van der Waals surface area contributed by atoms with Gasteiger partial charge in [0.25, 0.3) is 0 Å². The summed E-state index contributed by atoms with van der Waals surface area (Å²) < 4.78 is 0. The average molecular weight is 567 g/mol. The van der Waals surface area contributed by atoms with E-state index in [0.717, 1.165) is 18.9 Å². The van der Waals surface area contributed by atoms with Crippen LogP contribution in [0.25, 0.3) is 0 Å². The summed E-state index contributed by atoms with van der Waals surface area (Å²) in [5, 5.41) is 23.7. The summed E-state index contributed by atoms with van der Waals surface area (Å²) in [5.41, 5.74) is -2.83. The summed E-state index contributed by atoms with van der Waals surface area (Å²) in [6.07, 6.45) is 1.66. The van der Waals surface area contributed by atoms with Crippen molar-refractivity contribution in [2.75, 3.05) is 0 Å². The predicted octanol–water partition coefficient (Wildman–Crippen LogP) is 5.20. The van der Waals surface area contributed by atoms with Crippen LogP contribution in [0.2, 0.25) is 0 Å². The Kier molecular flexibility index (Phi) is 7.39. The van der Waals surface area contributed by atoms with Crippen molar-refractivity contribution in [2.24, 2.45) is 39.9 Å². The van der Waals surface area contributed by atoms with Crippen molar-refractivity contribution >= 4 is 28.9 Å². The number of phenols is 1. The number of hydrogen-bond donors (Lipinski definition) is 2. The van der Waals surface area contributed by atoms with E-state index in [1.165, 1.54) is 0 Å². The van der Waals surface area contributed by atoms with Gasteiger partial charge in [-0.3, -0.25) is 24.0 Å². The summed E-state index contributed by atoms with van der Waals surface area (Å²) in [6, 6.07) is 1.98. The Bertz CT molecular complexity index is 1360. The fourth-order valence-electron chi connectivity index (χ4n) is 8.50. The van der Waals surface area contributed by atoms with Crippen LogP contribution in [-0.4, -0.2) is 44.7 Å². The van der Waals surface area contributed by atoms with Gasteiger partial charge in [0.05, 0.1) is 11.5 Å². The second kappa shape index (κ2) is 9.68. The molecule has 7 heteroatoms. The molecule has 0 amide bonds. The number of carbonyl (C=O) groups is 5. The van der Waals surface area contributed by atoms with E-state index >= 15 is 0 Å². The van der Waals surface area contributed by atoms with E-state index in [9.17, 15) is 34.2 Å². The summed E-state index contributed by atoms with van der Waals surface area (Å²) in [6.45, 7) is 18.5. The van der Waals surface area contributed by atoms with Crippen LogP contribution >= 0.6 is 0 Å². The Balaban J connectivity index is 1.96. The van der Waals surface area contributed by atoms with Crippen molar-refractivity contribution in [3.8, 4) is 5.75 Å². The molecule has 224 valence electrons. The molecule has 2 saturated carbocycles. The highest BCUT2D eigenvalue weighted by atomic mass is 16.3. The molecule has 1 aromatic carbocycles. The van der Waals surface area contributed by atoms with Gasteiger partial charge in [-0.2, -0.15) is 0 Å². The Labute approximate surface area is 243 Å². The molecule has 0 aromatic heterocycles. The highest BCUT2D eigenvalue weighted by Crippen LogP contribution is 2.64. The molecule has 2 fully saturated rings. The zero-order valence-electron chi connectivity index (χ0n) is 26.2. The van der Waals surface area contributed by atoms with Crippen LogP contribution in [0.15, 0.2) is 6.07 Å². The van der Waals surface area contributed by atoms with Gasteiger partial charge in [-0.25, -0.2) is 0 Å². The monoisotopic (exact) mass is 566 g/mol. The van der Waals surface area contributed by atoms with Gasteiger partial charge in [0.1, 0.15) is 17.5 Å². The molecule has 3 unspecified atom stereocenters. The van der Waals surface area contributed by atoms with E-state index in [2.05, 4.69) is 20.8 Å². The maximum absolute atomic E-state index is 14.5. The lowest BCUT2D eigenvalue weighted by Gasteiger charge is -2.62. The van der Waals surface area contributed by atoms with Gasteiger partial charge >= 0.3 is 0 Å². The van der Waals surface area contributed by atoms with E-state index in [-0.39, 0.29) is 41.4 Å². The highest BCUT2D eigenvalue weighted by molar-refractivity contribution is 6.32. The molecule has 0 saturated heterocycles. The number of fused-ring (bicyclic) bond motifs is 3. The largest absolute Gasteiger partial charge is 0.507 e. The number of rotatable bonds is 5. The Hall–Kier alpha value is -2.67. The molecule has 0 radical (unpaired) electrons. The third-order valence-electron chi connectivity index (χ3n) is 10.3. The summed E-state index contributed by atoms with van der Waals surface area (Å²) in [7, 11) is 0. The van der Waals surface area contributed by atoms with Crippen molar-refractivity contribution < 1.29 is 34.2 Å². The smallest absolute Gasteiger partial charge is 0.190 e. The summed E-state index contributed by atoms with van der Waals surface area (Å²) >= 11 is 0. The maximum atomic E-state index is 14.5. The van der Waals surface area contributed by atoms with Gasteiger partial charge in [0, 0.05) is 11.3 Å². The van der Waals surface area contributed by atoms with Crippen LogP contribution < -0.4 is 0 Å². The first kappa shape index (κ1) is 31.3. The average Bonchev–Trinajstić information content (AvgIpc) is 2.79. The molecule has 0 bridgehead atoms. The van der Waals surface area contributed by atoms with Crippen LogP contribution in [0, 0.1) is 39.9 Å². The number of aromatic hydroxyl groups is 1. The molecule has 6 atom stereocenters. The lowest BCUT2D eigenvalue weighted by atomic mass is 9.39. The number of carbonyl (C=O) groups excluding carboxylic acids is 5. The Morgan fingerprint density at radius 1 is 1.05 bits per heavy atom. The second-order valence-electron chi connectivity index (χ2n) is 15.4. The van der Waals surface area contributed by atoms with Gasteiger partial charge < -0.3 is 10.2 Å². The second-order valence-corrected chi connectivity index (χ2v) is 15.4. The minimum Gasteiger partial charge on any atom is -0.507 e. The molecule has 4 rings (SSSR count). The molecule has 0 heterocycles. The van der Waals surface area contributed by atoms with E-state index in [0.29, 0.717) is 17.5 Å². The topological polar surface area (TPSA) is 126 Å². The molecule has 3 aliphatic carbocycles. The van der Waals surface area contributed by atoms with Gasteiger partial charge in [-0.1, -0.05) is 68.4 Å². The molecule has 0 aliphatic heterocycles. The van der Waals surface area contributed by atoms with Crippen molar-refractivity contribution in [1.82, 2.24) is 0 Å². The normalized spacial score (nSPS) is 33.6. The zero-order chi connectivity index (χ0) is 31.2. The number of benzene rings is 1. The van der Waals surface area contributed by atoms with Gasteiger partial charge in [-0.05, 0) is 72.0 Å². The molecule has 7 nitrogen and oxygen atoms in total. The first-order valence-electron chi connectivity index (χ1n) is 14.9. The van der Waals surface area contributed by atoms with Gasteiger partial charge in [-0.15, -0.1) is 0 Å². The van der Waals surface area contributed by atoms with Crippen LogP contribution in [-0.2, 0) is 32.0 Å². The van der Waals surface area contributed by atoms with E-state index in [1.54, 1.807) is 20.8 Å². The third-order valence-corrected chi connectivity index (χ3v) is 10.3. The molecule has 3 aliphatic rings. The van der Waals surface area contributed by atoms with Crippen LogP contribution in [0.3, 0.4) is 0 Å². The molecule has 2 N–H and O–H groups in total. The van der Waals surface area contributed by atoms with E-state index in [4.69, 9.17) is 0 Å². The molecule has 41 heavy (non-hydrogen) atoms. The molecule has 1 aromatic rings. The minimum absolute atomic E-state index is 0.00499. The highest BCUT2D eigenvalue weighted by Gasteiger charge is 2.76.